The average Bonchev–Trinajstić information content (AvgIpc) is 2.62. The Labute approximate surface area is 208 Å². The maximum Gasteiger partial charge on any atom is 0.274 e. The highest BCUT2D eigenvalue weighted by Gasteiger charge is 2.32. The van der Waals surface area contributed by atoms with E-state index in [0.29, 0.717) is 0 Å². The van der Waals surface area contributed by atoms with E-state index in [-0.39, 0.29) is 21.7 Å². The number of benzene rings is 2. The van der Waals surface area contributed by atoms with Gasteiger partial charge in [-0.05, 0) is 66.3 Å². The molecule has 4 heteroatoms. The Morgan fingerprint density at radius 2 is 0.970 bits per heavy atom. The van der Waals surface area contributed by atoms with Gasteiger partial charge in [-0.2, -0.15) is 0 Å². The summed E-state index contributed by atoms with van der Waals surface area (Å²) in [6.45, 7) is 26.8. The highest BCUT2D eigenvalue weighted by atomic mass is 35.7. The van der Waals surface area contributed by atoms with Crippen LogP contribution in [0.4, 0.5) is 0 Å². The van der Waals surface area contributed by atoms with Gasteiger partial charge >= 0.3 is 0 Å². The Kier molecular flexibility index (Phi) is 8.25. The summed E-state index contributed by atoms with van der Waals surface area (Å²) in [4.78, 5) is 10.2. The average molecular weight is 491 g/mol. The fraction of sp³-hybridized carbons (Fsp3) is 0.586. The zero-order chi connectivity index (χ0) is 25.6. The minimum Gasteiger partial charge on any atom is -0.338 e. The van der Waals surface area contributed by atoms with E-state index in [4.69, 9.17) is 15.8 Å². The molecule has 2 aromatic carbocycles. The summed E-state index contributed by atoms with van der Waals surface area (Å²) in [6.07, 6.45) is -0.454. The van der Waals surface area contributed by atoms with E-state index in [9.17, 15) is 4.89 Å². The number of halogens is 1. The molecule has 0 aliphatic heterocycles. The molecule has 184 valence electrons. The van der Waals surface area contributed by atoms with Crippen molar-refractivity contribution in [3.8, 4) is 0 Å². The number of rotatable bonds is 4. The van der Waals surface area contributed by atoms with Crippen LogP contribution in [0.15, 0.2) is 36.4 Å². The summed E-state index contributed by atoms with van der Waals surface area (Å²) in [5, 5.41) is 0. The van der Waals surface area contributed by atoms with Crippen molar-refractivity contribution in [3.05, 3.63) is 69.8 Å². The fourth-order valence-electron chi connectivity index (χ4n) is 4.17. The lowest BCUT2D eigenvalue weighted by Crippen LogP contribution is -2.23. The molecule has 33 heavy (non-hydrogen) atoms. The van der Waals surface area contributed by atoms with E-state index in [1.165, 1.54) is 22.3 Å². The van der Waals surface area contributed by atoms with Crippen LogP contribution >= 0.6 is 19.0 Å². The van der Waals surface area contributed by atoms with E-state index in [1.807, 2.05) is 0 Å². The van der Waals surface area contributed by atoms with Gasteiger partial charge in [0.05, 0.1) is 0 Å². The largest absolute Gasteiger partial charge is 0.338 e. The molecule has 0 aliphatic carbocycles. The van der Waals surface area contributed by atoms with Crippen molar-refractivity contribution < 1.29 is 9.42 Å². The van der Waals surface area contributed by atoms with Crippen LogP contribution in [0.5, 0.6) is 0 Å². The molecule has 1 unspecified atom stereocenters. The van der Waals surface area contributed by atoms with Gasteiger partial charge < -0.3 is 9.42 Å². The van der Waals surface area contributed by atoms with Crippen molar-refractivity contribution in [1.29, 1.82) is 0 Å². The van der Waals surface area contributed by atoms with E-state index in [1.54, 1.807) is 0 Å². The lowest BCUT2D eigenvalue weighted by molar-refractivity contribution is 0.248. The van der Waals surface area contributed by atoms with Crippen molar-refractivity contribution >= 4 is 19.0 Å². The van der Waals surface area contributed by atoms with Crippen LogP contribution in [0, 0.1) is 0 Å². The maximum absolute atomic E-state index is 10.2. The quantitative estimate of drug-likeness (QED) is 0.432. The van der Waals surface area contributed by atoms with Crippen LogP contribution in [0.25, 0.3) is 0 Å². The monoisotopic (exact) mass is 490 g/mol. The zero-order valence-corrected chi connectivity index (χ0v) is 24.4. The highest BCUT2D eigenvalue weighted by molar-refractivity contribution is 7.75. The molecule has 0 aliphatic rings. The maximum atomic E-state index is 10.2. The van der Waals surface area contributed by atoms with Crippen LogP contribution in [0.3, 0.4) is 0 Å². The summed E-state index contributed by atoms with van der Waals surface area (Å²) >= 11 is 6.11. The smallest absolute Gasteiger partial charge is 0.274 e. The predicted octanol–water partition coefficient (Wildman–Crippen LogP) is 9.44. The molecule has 2 nitrogen and oxygen atoms in total. The van der Waals surface area contributed by atoms with Crippen molar-refractivity contribution in [2.45, 2.75) is 111 Å². The molecular weight excluding hydrogens is 447 g/mol. The summed E-state index contributed by atoms with van der Waals surface area (Å²) < 4.78 is 6.13. The first-order valence-electron chi connectivity index (χ1n) is 11.8. The molecule has 2 aromatic rings. The first kappa shape index (κ1) is 28.3. The lowest BCUT2D eigenvalue weighted by atomic mass is 9.74. The van der Waals surface area contributed by atoms with Gasteiger partial charge in [-0.1, -0.05) is 119 Å². The van der Waals surface area contributed by atoms with Crippen molar-refractivity contribution in [2.75, 3.05) is 0 Å². The molecule has 0 radical (unpaired) electrons. The van der Waals surface area contributed by atoms with Crippen LogP contribution in [-0.4, -0.2) is 4.89 Å². The molecule has 0 saturated carbocycles. The van der Waals surface area contributed by atoms with Gasteiger partial charge in [0.15, 0.2) is 0 Å². The molecule has 0 amide bonds. The van der Waals surface area contributed by atoms with Crippen LogP contribution in [0.2, 0.25) is 0 Å². The molecule has 1 N–H and O–H groups in total. The third-order valence-corrected chi connectivity index (χ3v) is 6.84. The second kappa shape index (κ2) is 9.62. The Bertz CT molecular complexity index is 892. The van der Waals surface area contributed by atoms with E-state index in [2.05, 4.69) is 119 Å². The molecule has 0 spiro atoms. The van der Waals surface area contributed by atoms with E-state index in [0.717, 1.165) is 11.1 Å². The number of hydrogen-bond donors (Lipinski definition) is 1. The summed E-state index contributed by atoms with van der Waals surface area (Å²) in [6, 6.07) is 13.3. The molecule has 0 bridgehead atoms. The second-order valence-corrected chi connectivity index (χ2v) is 14.8. The van der Waals surface area contributed by atoms with Gasteiger partial charge in [0.25, 0.3) is 7.73 Å². The third-order valence-electron chi connectivity index (χ3n) is 6.21. The lowest BCUT2D eigenvalue weighted by Gasteiger charge is -2.34. The molecular formula is C29H44ClO2P. The van der Waals surface area contributed by atoms with Gasteiger partial charge in [0.1, 0.15) is 6.10 Å². The van der Waals surface area contributed by atoms with Gasteiger partial charge in [0, 0.05) is 0 Å². The van der Waals surface area contributed by atoms with Gasteiger partial charge in [-0.25, -0.2) is 0 Å². The summed E-state index contributed by atoms with van der Waals surface area (Å²) in [5.74, 6) is 0. The van der Waals surface area contributed by atoms with E-state index >= 15 is 0 Å². The molecule has 0 fully saturated rings. The molecule has 0 saturated heterocycles. The number of hydrogen-bond acceptors (Lipinski definition) is 2. The normalized spacial score (nSPS) is 14.6. The molecule has 2 rings (SSSR count). The molecule has 1 atom stereocenters. The summed E-state index contributed by atoms with van der Waals surface area (Å²) in [7, 11) is -2.07. The highest BCUT2D eigenvalue weighted by Crippen LogP contribution is 2.49. The van der Waals surface area contributed by atoms with Crippen molar-refractivity contribution in [2.24, 2.45) is 0 Å². The van der Waals surface area contributed by atoms with Crippen LogP contribution < -0.4 is 0 Å². The zero-order valence-electron chi connectivity index (χ0n) is 22.7. The fourth-order valence-corrected chi connectivity index (χ4v) is 4.81. The second-order valence-electron chi connectivity index (χ2n) is 13.3. The van der Waals surface area contributed by atoms with Gasteiger partial charge in [-0.3, -0.25) is 0 Å². The third kappa shape index (κ3) is 7.04. The molecule has 0 aromatic heterocycles. The SMILES string of the molecule is CC(C)(C)c1ccc(C(OP(O)Cl)c2ccc(C(C)(C)C)cc2C(C)(C)C)c(C(C)(C)C)c1. The summed E-state index contributed by atoms with van der Waals surface area (Å²) in [5.41, 5.74) is 7.00. The standard InChI is InChI=1S/C29H44ClO2P/c1-26(2,3)19-13-15-21(23(17-19)28(7,8)9)25(32-33(30)31)22-16-14-20(27(4,5)6)18-24(22)29(10,11)12/h13-18,25,31H,1-12H3. The van der Waals surface area contributed by atoms with Gasteiger partial charge in [0.2, 0.25) is 0 Å². The van der Waals surface area contributed by atoms with E-state index < -0.39 is 13.8 Å². The van der Waals surface area contributed by atoms with Gasteiger partial charge in [-0.15, -0.1) is 0 Å². The van der Waals surface area contributed by atoms with Crippen LogP contribution in [-0.2, 0) is 26.2 Å². The predicted molar refractivity (Wildman–Crippen MR) is 146 cm³/mol. The Morgan fingerprint density at radius 1 is 0.636 bits per heavy atom. The first-order chi connectivity index (χ1) is 14.7. The Balaban J connectivity index is 2.87. The topological polar surface area (TPSA) is 29.5 Å². The van der Waals surface area contributed by atoms with Crippen molar-refractivity contribution in [1.82, 2.24) is 0 Å². The Morgan fingerprint density at radius 3 is 1.21 bits per heavy atom. The minimum atomic E-state index is -2.07. The Hall–Kier alpha value is -0.920. The van der Waals surface area contributed by atoms with Crippen molar-refractivity contribution in [3.63, 3.8) is 0 Å². The molecule has 0 heterocycles. The first-order valence-corrected chi connectivity index (χ1v) is 14.0. The minimum absolute atomic E-state index is 0.0376. The van der Waals surface area contributed by atoms with Crippen LogP contribution in [0.1, 0.15) is 123 Å².